The highest BCUT2D eigenvalue weighted by molar-refractivity contribution is 5.94. The standard InChI is InChI=1S/C14H20N2O/c1-2-11-5-7-12(8-6-11)14(17)16-9-3-4-13(15)10-16/h5-8,13H,2-4,9-10,15H2,1H3/t13-/m1/s1. The van der Waals surface area contributed by atoms with Crippen LogP contribution >= 0.6 is 0 Å². The lowest BCUT2D eigenvalue weighted by atomic mass is 10.0. The average Bonchev–Trinajstić information content (AvgIpc) is 2.38. The lowest BCUT2D eigenvalue weighted by molar-refractivity contribution is 0.0709. The first-order valence-electron chi connectivity index (χ1n) is 6.34. The largest absolute Gasteiger partial charge is 0.337 e. The monoisotopic (exact) mass is 232 g/mol. The van der Waals surface area contributed by atoms with E-state index in [2.05, 4.69) is 6.92 Å². The minimum Gasteiger partial charge on any atom is -0.337 e. The number of hydrogen-bond donors (Lipinski definition) is 1. The molecule has 1 amide bonds. The van der Waals surface area contributed by atoms with Gasteiger partial charge < -0.3 is 10.6 Å². The van der Waals surface area contributed by atoms with Crippen molar-refractivity contribution in [3.05, 3.63) is 35.4 Å². The Hall–Kier alpha value is -1.35. The van der Waals surface area contributed by atoms with Crippen LogP contribution in [-0.4, -0.2) is 29.9 Å². The highest BCUT2D eigenvalue weighted by atomic mass is 16.2. The van der Waals surface area contributed by atoms with E-state index >= 15 is 0 Å². The number of benzene rings is 1. The van der Waals surface area contributed by atoms with Crippen molar-refractivity contribution in [1.82, 2.24) is 4.90 Å². The van der Waals surface area contributed by atoms with Crippen LogP contribution in [0.5, 0.6) is 0 Å². The molecule has 0 radical (unpaired) electrons. The molecule has 1 aromatic carbocycles. The van der Waals surface area contributed by atoms with E-state index in [4.69, 9.17) is 5.73 Å². The van der Waals surface area contributed by atoms with E-state index in [0.717, 1.165) is 31.4 Å². The summed E-state index contributed by atoms with van der Waals surface area (Å²) in [6.45, 7) is 3.64. The summed E-state index contributed by atoms with van der Waals surface area (Å²) >= 11 is 0. The minimum absolute atomic E-state index is 0.114. The van der Waals surface area contributed by atoms with Crippen LogP contribution < -0.4 is 5.73 Å². The van der Waals surface area contributed by atoms with Gasteiger partial charge in [-0.05, 0) is 37.0 Å². The second kappa shape index (κ2) is 5.32. The predicted molar refractivity (Wildman–Crippen MR) is 68.9 cm³/mol. The third-order valence-corrected chi connectivity index (χ3v) is 3.35. The van der Waals surface area contributed by atoms with Crippen LogP contribution in [0.15, 0.2) is 24.3 Å². The number of carbonyl (C=O) groups excluding carboxylic acids is 1. The number of nitrogens with zero attached hydrogens (tertiary/aromatic N) is 1. The lowest BCUT2D eigenvalue weighted by Crippen LogP contribution is -2.45. The fraction of sp³-hybridized carbons (Fsp3) is 0.500. The first-order valence-corrected chi connectivity index (χ1v) is 6.34. The average molecular weight is 232 g/mol. The zero-order valence-corrected chi connectivity index (χ0v) is 10.4. The van der Waals surface area contributed by atoms with Crippen LogP contribution in [0.1, 0.15) is 35.7 Å². The summed E-state index contributed by atoms with van der Waals surface area (Å²) < 4.78 is 0. The van der Waals surface area contributed by atoms with Crippen molar-refractivity contribution in [2.75, 3.05) is 13.1 Å². The maximum absolute atomic E-state index is 12.2. The van der Waals surface area contributed by atoms with Crippen molar-refractivity contribution in [3.63, 3.8) is 0 Å². The smallest absolute Gasteiger partial charge is 0.253 e. The fourth-order valence-corrected chi connectivity index (χ4v) is 2.26. The summed E-state index contributed by atoms with van der Waals surface area (Å²) in [6.07, 6.45) is 3.04. The summed E-state index contributed by atoms with van der Waals surface area (Å²) in [4.78, 5) is 14.1. The Bertz CT molecular complexity index is 386. The first kappa shape index (κ1) is 12.1. The Balaban J connectivity index is 2.07. The van der Waals surface area contributed by atoms with Gasteiger partial charge in [-0.2, -0.15) is 0 Å². The van der Waals surface area contributed by atoms with Gasteiger partial charge in [-0.1, -0.05) is 19.1 Å². The molecular formula is C14H20N2O. The van der Waals surface area contributed by atoms with Gasteiger partial charge in [0.15, 0.2) is 0 Å². The van der Waals surface area contributed by atoms with Gasteiger partial charge >= 0.3 is 0 Å². The Morgan fingerprint density at radius 3 is 2.71 bits per heavy atom. The molecule has 3 heteroatoms. The van der Waals surface area contributed by atoms with E-state index < -0.39 is 0 Å². The second-order valence-corrected chi connectivity index (χ2v) is 4.70. The van der Waals surface area contributed by atoms with E-state index in [1.54, 1.807) is 0 Å². The molecule has 1 fully saturated rings. The van der Waals surface area contributed by atoms with Gasteiger partial charge in [-0.25, -0.2) is 0 Å². The molecule has 0 spiro atoms. The van der Waals surface area contributed by atoms with E-state index in [1.165, 1.54) is 5.56 Å². The van der Waals surface area contributed by atoms with Gasteiger partial charge in [-0.3, -0.25) is 4.79 Å². The molecule has 2 rings (SSSR count). The highest BCUT2D eigenvalue weighted by Crippen LogP contribution is 2.13. The number of amides is 1. The van der Waals surface area contributed by atoms with Crippen molar-refractivity contribution in [3.8, 4) is 0 Å². The van der Waals surface area contributed by atoms with E-state index in [-0.39, 0.29) is 11.9 Å². The topological polar surface area (TPSA) is 46.3 Å². The van der Waals surface area contributed by atoms with Crippen LogP contribution in [0.2, 0.25) is 0 Å². The van der Waals surface area contributed by atoms with E-state index in [0.29, 0.717) is 6.54 Å². The quantitative estimate of drug-likeness (QED) is 0.845. The second-order valence-electron chi connectivity index (χ2n) is 4.70. The zero-order chi connectivity index (χ0) is 12.3. The molecule has 1 aliphatic rings. The lowest BCUT2D eigenvalue weighted by Gasteiger charge is -2.30. The highest BCUT2D eigenvalue weighted by Gasteiger charge is 2.21. The molecule has 2 N–H and O–H groups in total. The minimum atomic E-state index is 0.114. The van der Waals surface area contributed by atoms with Crippen LogP contribution in [0.3, 0.4) is 0 Å². The number of carbonyl (C=O) groups is 1. The van der Waals surface area contributed by atoms with Gasteiger partial charge in [0.05, 0.1) is 0 Å². The van der Waals surface area contributed by atoms with Gasteiger partial charge in [0.25, 0.3) is 5.91 Å². The van der Waals surface area contributed by atoms with Crippen molar-refractivity contribution < 1.29 is 4.79 Å². The maximum atomic E-state index is 12.2. The molecule has 0 saturated carbocycles. The Morgan fingerprint density at radius 1 is 1.41 bits per heavy atom. The number of hydrogen-bond acceptors (Lipinski definition) is 2. The molecule has 1 saturated heterocycles. The normalized spacial score (nSPS) is 20.4. The molecule has 1 atom stereocenters. The van der Waals surface area contributed by atoms with Crippen LogP contribution in [0.4, 0.5) is 0 Å². The van der Waals surface area contributed by atoms with Crippen molar-refractivity contribution >= 4 is 5.91 Å². The van der Waals surface area contributed by atoms with Crippen molar-refractivity contribution in [1.29, 1.82) is 0 Å². The molecule has 0 aliphatic carbocycles. The Labute approximate surface area is 103 Å². The van der Waals surface area contributed by atoms with E-state index in [9.17, 15) is 4.79 Å². The van der Waals surface area contributed by atoms with Crippen molar-refractivity contribution in [2.24, 2.45) is 5.73 Å². The number of piperidine rings is 1. The predicted octanol–water partition coefficient (Wildman–Crippen LogP) is 1.81. The number of likely N-dealkylation sites (tertiary alicyclic amines) is 1. The molecule has 17 heavy (non-hydrogen) atoms. The summed E-state index contributed by atoms with van der Waals surface area (Å²) in [6, 6.07) is 8.03. The Morgan fingerprint density at radius 2 is 2.12 bits per heavy atom. The van der Waals surface area contributed by atoms with Crippen LogP contribution in [0.25, 0.3) is 0 Å². The first-order chi connectivity index (χ1) is 8.20. The van der Waals surface area contributed by atoms with Crippen LogP contribution in [-0.2, 0) is 6.42 Å². The molecular weight excluding hydrogens is 212 g/mol. The molecule has 0 bridgehead atoms. The summed E-state index contributed by atoms with van der Waals surface area (Å²) in [5.74, 6) is 0.114. The maximum Gasteiger partial charge on any atom is 0.253 e. The van der Waals surface area contributed by atoms with Gasteiger partial charge in [0, 0.05) is 24.7 Å². The molecule has 92 valence electrons. The zero-order valence-electron chi connectivity index (χ0n) is 10.4. The third kappa shape index (κ3) is 2.86. The van der Waals surface area contributed by atoms with Gasteiger partial charge in [0.2, 0.25) is 0 Å². The number of rotatable bonds is 2. The van der Waals surface area contributed by atoms with Crippen molar-refractivity contribution in [2.45, 2.75) is 32.2 Å². The number of aryl methyl sites for hydroxylation is 1. The summed E-state index contributed by atoms with van der Waals surface area (Å²) in [7, 11) is 0. The van der Waals surface area contributed by atoms with Gasteiger partial charge in [-0.15, -0.1) is 0 Å². The van der Waals surface area contributed by atoms with E-state index in [1.807, 2.05) is 29.2 Å². The van der Waals surface area contributed by atoms with Crippen LogP contribution in [0, 0.1) is 0 Å². The molecule has 0 aromatic heterocycles. The molecule has 1 heterocycles. The van der Waals surface area contributed by atoms with Gasteiger partial charge in [0.1, 0.15) is 0 Å². The Kier molecular flexibility index (Phi) is 3.79. The number of nitrogens with two attached hydrogens (primary N) is 1. The fourth-order valence-electron chi connectivity index (χ4n) is 2.26. The summed E-state index contributed by atoms with van der Waals surface area (Å²) in [5.41, 5.74) is 7.93. The third-order valence-electron chi connectivity index (χ3n) is 3.35. The summed E-state index contributed by atoms with van der Waals surface area (Å²) in [5, 5.41) is 0. The molecule has 1 aromatic rings. The molecule has 3 nitrogen and oxygen atoms in total. The molecule has 1 aliphatic heterocycles. The SMILES string of the molecule is CCc1ccc(C(=O)N2CCC[C@@H](N)C2)cc1. The molecule has 0 unspecified atom stereocenters.